The first-order valence-electron chi connectivity index (χ1n) is 6.49. The number of hydrogen-bond acceptors (Lipinski definition) is 4. The molecule has 4 heteroatoms. The van der Waals surface area contributed by atoms with Gasteiger partial charge in [0.25, 0.3) is 0 Å². The molecule has 19 heavy (non-hydrogen) atoms. The van der Waals surface area contributed by atoms with Crippen molar-refractivity contribution >= 4 is 5.82 Å². The van der Waals surface area contributed by atoms with Crippen molar-refractivity contribution in [1.82, 2.24) is 14.9 Å². The topological polar surface area (TPSA) is 41.0 Å². The first-order valence-corrected chi connectivity index (χ1v) is 6.49. The Morgan fingerprint density at radius 3 is 2.68 bits per heavy atom. The minimum absolute atomic E-state index is 0.324. The second-order valence-electron chi connectivity index (χ2n) is 4.82. The quantitative estimate of drug-likeness (QED) is 0.861. The van der Waals surface area contributed by atoms with E-state index in [1.807, 2.05) is 6.07 Å². The minimum atomic E-state index is 0.324. The summed E-state index contributed by atoms with van der Waals surface area (Å²) in [6, 6.07) is 10.8. The molecule has 1 aromatic carbocycles. The van der Waals surface area contributed by atoms with E-state index in [9.17, 15) is 0 Å². The maximum absolute atomic E-state index is 4.22. The third-order valence-electron chi connectivity index (χ3n) is 2.84. The SMILES string of the molecule is C[C@@H](CN(C)Cc1ccccc1)Nc1cnccn1. The molecule has 1 atom stereocenters. The third-order valence-corrected chi connectivity index (χ3v) is 2.84. The van der Waals surface area contributed by atoms with Gasteiger partial charge in [-0.1, -0.05) is 30.3 Å². The molecule has 0 radical (unpaired) electrons. The zero-order valence-corrected chi connectivity index (χ0v) is 11.5. The zero-order chi connectivity index (χ0) is 13.5. The van der Waals surface area contributed by atoms with E-state index in [2.05, 4.69) is 58.4 Å². The van der Waals surface area contributed by atoms with Gasteiger partial charge in [0.2, 0.25) is 0 Å². The van der Waals surface area contributed by atoms with Crippen molar-refractivity contribution in [3.8, 4) is 0 Å². The summed E-state index contributed by atoms with van der Waals surface area (Å²) < 4.78 is 0. The van der Waals surface area contributed by atoms with Crippen molar-refractivity contribution in [2.24, 2.45) is 0 Å². The smallest absolute Gasteiger partial charge is 0.144 e. The van der Waals surface area contributed by atoms with Gasteiger partial charge in [-0.15, -0.1) is 0 Å². The van der Waals surface area contributed by atoms with Crippen molar-refractivity contribution in [2.45, 2.75) is 19.5 Å². The lowest BCUT2D eigenvalue weighted by Crippen LogP contribution is -2.32. The second-order valence-corrected chi connectivity index (χ2v) is 4.82. The molecule has 1 aromatic heterocycles. The van der Waals surface area contributed by atoms with E-state index in [0.29, 0.717) is 6.04 Å². The molecule has 2 aromatic rings. The molecule has 0 aliphatic rings. The molecule has 1 heterocycles. The van der Waals surface area contributed by atoms with Crippen LogP contribution >= 0.6 is 0 Å². The third kappa shape index (κ3) is 4.67. The fraction of sp³-hybridized carbons (Fsp3) is 0.333. The molecule has 0 amide bonds. The van der Waals surface area contributed by atoms with Crippen molar-refractivity contribution < 1.29 is 0 Å². The highest BCUT2D eigenvalue weighted by molar-refractivity contribution is 5.31. The van der Waals surface area contributed by atoms with Crippen LogP contribution in [0.4, 0.5) is 5.82 Å². The highest BCUT2D eigenvalue weighted by atomic mass is 15.1. The summed E-state index contributed by atoms with van der Waals surface area (Å²) in [5.74, 6) is 0.822. The lowest BCUT2D eigenvalue weighted by molar-refractivity contribution is 0.316. The summed E-state index contributed by atoms with van der Waals surface area (Å²) in [6.45, 7) is 4.05. The van der Waals surface area contributed by atoms with Crippen LogP contribution < -0.4 is 5.32 Å². The van der Waals surface area contributed by atoms with Gasteiger partial charge in [-0.3, -0.25) is 4.98 Å². The lowest BCUT2D eigenvalue weighted by Gasteiger charge is -2.22. The monoisotopic (exact) mass is 256 g/mol. The zero-order valence-electron chi connectivity index (χ0n) is 11.5. The summed E-state index contributed by atoms with van der Waals surface area (Å²) in [5, 5.41) is 3.34. The van der Waals surface area contributed by atoms with Crippen LogP contribution in [0, 0.1) is 0 Å². The van der Waals surface area contributed by atoms with Gasteiger partial charge in [-0.25, -0.2) is 4.98 Å². The van der Waals surface area contributed by atoms with Crippen LogP contribution in [0.3, 0.4) is 0 Å². The fourth-order valence-electron chi connectivity index (χ4n) is 2.10. The molecular weight excluding hydrogens is 236 g/mol. The van der Waals surface area contributed by atoms with E-state index >= 15 is 0 Å². The van der Waals surface area contributed by atoms with E-state index in [1.165, 1.54) is 5.56 Å². The molecule has 0 aliphatic carbocycles. The summed E-state index contributed by atoms with van der Waals surface area (Å²) in [7, 11) is 2.13. The molecule has 0 bridgehead atoms. The van der Waals surface area contributed by atoms with E-state index in [4.69, 9.17) is 0 Å². The molecule has 0 saturated heterocycles. The number of anilines is 1. The molecule has 0 aliphatic heterocycles. The predicted octanol–water partition coefficient (Wildman–Crippen LogP) is 2.41. The molecule has 100 valence electrons. The van der Waals surface area contributed by atoms with Crippen LogP contribution in [0.5, 0.6) is 0 Å². The largest absolute Gasteiger partial charge is 0.365 e. The molecular formula is C15H20N4. The maximum Gasteiger partial charge on any atom is 0.144 e. The molecule has 4 nitrogen and oxygen atoms in total. The molecule has 1 N–H and O–H groups in total. The summed E-state index contributed by atoms with van der Waals surface area (Å²) in [5.41, 5.74) is 1.33. The van der Waals surface area contributed by atoms with Gasteiger partial charge in [0, 0.05) is 31.5 Å². The predicted molar refractivity (Wildman–Crippen MR) is 77.9 cm³/mol. The maximum atomic E-state index is 4.22. The van der Waals surface area contributed by atoms with E-state index in [-0.39, 0.29) is 0 Å². The Labute approximate surface area is 114 Å². The number of benzene rings is 1. The first-order chi connectivity index (χ1) is 9.24. The Kier molecular flexibility index (Phi) is 4.86. The van der Waals surface area contributed by atoms with Gasteiger partial charge in [0.15, 0.2) is 0 Å². The van der Waals surface area contributed by atoms with Crippen molar-refractivity contribution in [3.63, 3.8) is 0 Å². The highest BCUT2D eigenvalue weighted by Gasteiger charge is 2.07. The number of aromatic nitrogens is 2. The Balaban J connectivity index is 1.80. The average Bonchev–Trinajstić information content (AvgIpc) is 2.40. The van der Waals surface area contributed by atoms with Crippen molar-refractivity contribution in [3.05, 3.63) is 54.5 Å². The first kappa shape index (κ1) is 13.5. The van der Waals surface area contributed by atoms with E-state index < -0.39 is 0 Å². The van der Waals surface area contributed by atoms with Gasteiger partial charge < -0.3 is 10.2 Å². The molecule has 0 saturated carbocycles. The van der Waals surface area contributed by atoms with Crippen LogP contribution in [0.1, 0.15) is 12.5 Å². The summed E-state index contributed by atoms with van der Waals surface area (Å²) in [6.07, 6.45) is 5.12. The Morgan fingerprint density at radius 2 is 2.00 bits per heavy atom. The molecule has 0 fully saturated rings. The van der Waals surface area contributed by atoms with Gasteiger partial charge >= 0.3 is 0 Å². The molecule has 0 spiro atoms. The van der Waals surface area contributed by atoms with Crippen LogP contribution in [0.15, 0.2) is 48.9 Å². The summed E-state index contributed by atoms with van der Waals surface area (Å²) in [4.78, 5) is 10.6. The lowest BCUT2D eigenvalue weighted by atomic mass is 10.2. The van der Waals surface area contributed by atoms with E-state index in [1.54, 1.807) is 18.6 Å². The Hall–Kier alpha value is -1.94. The van der Waals surface area contributed by atoms with Crippen LogP contribution in [0.25, 0.3) is 0 Å². The second kappa shape index (κ2) is 6.85. The van der Waals surface area contributed by atoms with Gasteiger partial charge in [-0.05, 0) is 19.5 Å². The van der Waals surface area contributed by atoms with Gasteiger partial charge in [-0.2, -0.15) is 0 Å². The number of nitrogens with one attached hydrogen (secondary N) is 1. The molecule has 0 unspecified atom stereocenters. The standard InChI is InChI=1S/C15H20N4/c1-13(18-15-10-16-8-9-17-15)11-19(2)12-14-6-4-3-5-7-14/h3-10,13H,11-12H2,1-2H3,(H,17,18)/t13-/m0/s1. The van der Waals surface area contributed by atoms with Gasteiger partial charge in [0.05, 0.1) is 6.20 Å². The number of nitrogens with zero attached hydrogens (tertiary/aromatic N) is 3. The highest BCUT2D eigenvalue weighted by Crippen LogP contribution is 2.05. The number of likely N-dealkylation sites (N-methyl/N-ethyl adjacent to an activating group) is 1. The van der Waals surface area contributed by atoms with Crippen LogP contribution in [-0.4, -0.2) is 34.5 Å². The average molecular weight is 256 g/mol. The summed E-state index contributed by atoms with van der Waals surface area (Å²) >= 11 is 0. The van der Waals surface area contributed by atoms with Crippen LogP contribution in [0.2, 0.25) is 0 Å². The van der Waals surface area contributed by atoms with Crippen molar-refractivity contribution in [1.29, 1.82) is 0 Å². The van der Waals surface area contributed by atoms with Crippen molar-refractivity contribution in [2.75, 3.05) is 18.9 Å². The number of rotatable bonds is 6. The molecule has 2 rings (SSSR count). The van der Waals surface area contributed by atoms with E-state index in [0.717, 1.165) is 18.9 Å². The minimum Gasteiger partial charge on any atom is -0.365 e. The van der Waals surface area contributed by atoms with Gasteiger partial charge in [0.1, 0.15) is 5.82 Å². The normalized spacial score (nSPS) is 12.4. The Morgan fingerprint density at radius 1 is 1.21 bits per heavy atom. The fourth-order valence-corrected chi connectivity index (χ4v) is 2.10. The Bertz CT molecular complexity index is 427. The number of hydrogen-bond donors (Lipinski definition) is 1. The van der Waals surface area contributed by atoms with Crippen LogP contribution in [-0.2, 0) is 6.54 Å².